The van der Waals surface area contributed by atoms with E-state index in [1.807, 2.05) is 0 Å². The van der Waals surface area contributed by atoms with E-state index in [0.29, 0.717) is 17.6 Å². The van der Waals surface area contributed by atoms with Crippen molar-refractivity contribution in [3.63, 3.8) is 0 Å². The number of piperidine rings is 1. The third-order valence-corrected chi connectivity index (χ3v) is 5.70. The highest BCUT2D eigenvalue weighted by atomic mass is 35.5. The normalized spacial score (nSPS) is 16.8. The van der Waals surface area contributed by atoms with Gasteiger partial charge in [0.05, 0.1) is 6.54 Å². The Morgan fingerprint density at radius 3 is 2.69 bits per heavy atom. The van der Waals surface area contributed by atoms with Crippen LogP contribution in [0.5, 0.6) is 0 Å². The zero-order chi connectivity index (χ0) is 21.3. The first kappa shape index (κ1) is 23.9. The molecule has 0 atom stereocenters. The van der Waals surface area contributed by atoms with Crippen LogP contribution in [0, 0.1) is 5.82 Å². The average Bonchev–Trinajstić information content (AvgIpc) is 2.67. The fourth-order valence-corrected chi connectivity index (χ4v) is 4.07. The van der Waals surface area contributed by atoms with Crippen molar-refractivity contribution in [1.29, 1.82) is 0 Å². The van der Waals surface area contributed by atoms with Gasteiger partial charge in [0.15, 0.2) is 5.96 Å². The summed E-state index contributed by atoms with van der Waals surface area (Å²) in [5, 5.41) is 7.38. The van der Waals surface area contributed by atoms with Crippen molar-refractivity contribution in [3.05, 3.63) is 34.6 Å². The van der Waals surface area contributed by atoms with Gasteiger partial charge in [0.2, 0.25) is 0 Å². The van der Waals surface area contributed by atoms with Gasteiger partial charge in [-0.1, -0.05) is 31.5 Å². The lowest BCUT2D eigenvalue weighted by Crippen LogP contribution is -2.49. The smallest absolute Gasteiger partial charge is 0.191 e. The second kappa shape index (κ2) is 11.7. The van der Waals surface area contributed by atoms with E-state index < -0.39 is 0 Å². The molecule has 164 valence electrons. The SMILES string of the molecule is CCNC(=NCC(C)(C)c1ccc(F)cc1Cl)NC1CCN(CCCOC)CC1. The van der Waals surface area contributed by atoms with Crippen molar-refractivity contribution in [2.45, 2.75) is 51.5 Å². The van der Waals surface area contributed by atoms with Gasteiger partial charge in [0, 0.05) is 56.4 Å². The van der Waals surface area contributed by atoms with Crippen LogP contribution in [0.2, 0.25) is 5.02 Å². The largest absolute Gasteiger partial charge is 0.385 e. The molecule has 1 aliphatic rings. The molecule has 0 saturated carbocycles. The lowest BCUT2D eigenvalue weighted by atomic mass is 9.84. The third-order valence-electron chi connectivity index (χ3n) is 5.39. The predicted molar refractivity (Wildman–Crippen MR) is 120 cm³/mol. The topological polar surface area (TPSA) is 48.9 Å². The number of nitrogens with zero attached hydrogens (tertiary/aromatic N) is 2. The molecule has 0 unspecified atom stereocenters. The number of aliphatic imine (C=N–C) groups is 1. The Kier molecular flexibility index (Phi) is 9.66. The van der Waals surface area contributed by atoms with Crippen molar-refractivity contribution < 1.29 is 9.13 Å². The highest BCUT2D eigenvalue weighted by Gasteiger charge is 2.24. The van der Waals surface area contributed by atoms with E-state index in [9.17, 15) is 4.39 Å². The van der Waals surface area contributed by atoms with Crippen molar-refractivity contribution in [2.75, 3.05) is 46.4 Å². The third kappa shape index (κ3) is 7.76. The lowest BCUT2D eigenvalue weighted by Gasteiger charge is -2.33. The zero-order valence-corrected chi connectivity index (χ0v) is 19.0. The molecule has 0 bridgehead atoms. The van der Waals surface area contributed by atoms with E-state index in [1.54, 1.807) is 13.2 Å². The number of nitrogens with one attached hydrogen (secondary N) is 2. The summed E-state index contributed by atoms with van der Waals surface area (Å²) in [4.78, 5) is 7.31. The molecule has 1 saturated heterocycles. The zero-order valence-electron chi connectivity index (χ0n) is 18.2. The number of ether oxygens (including phenoxy) is 1. The number of benzene rings is 1. The van der Waals surface area contributed by atoms with E-state index >= 15 is 0 Å². The predicted octanol–water partition coefficient (Wildman–Crippen LogP) is 3.81. The Hall–Kier alpha value is -1.37. The minimum Gasteiger partial charge on any atom is -0.385 e. The number of hydrogen-bond donors (Lipinski definition) is 2. The number of rotatable bonds is 9. The highest BCUT2D eigenvalue weighted by molar-refractivity contribution is 6.31. The second-order valence-electron chi connectivity index (χ2n) is 8.31. The number of hydrogen-bond acceptors (Lipinski definition) is 3. The molecular formula is C22H36ClFN4O. The van der Waals surface area contributed by atoms with Gasteiger partial charge in [-0.3, -0.25) is 4.99 Å². The van der Waals surface area contributed by atoms with Gasteiger partial charge in [-0.05, 0) is 43.9 Å². The first-order valence-corrected chi connectivity index (χ1v) is 10.9. The number of methoxy groups -OCH3 is 1. The van der Waals surface area contributed by atoms with Crippen LogP contribution in [-0.2, 0) is 10.2 Å². The summed E-state index contributed by atoms with van der Waals surface area (Å²) in [6.07, 6.45) is 3.29. The maximum atomic E-state index is 13.4. The molecule has 0 aliphatic carbocycles. The molecule has 0 amide bonds. The van der Waals surface area contributed by atoms with Crippen molar-refractivity contribution in [1.82, 2.24) is 15.5 Å². The molecule has 1 heterocycles. The van der Waals surface area contributed by atoms with E-state index in [4.69, 9.17) is 21.3 Å². The van der Waals surface area contributed by atoms with Crippen LogP contribution in [-0.4, -0.2) is 63.3 Å². The van der Waals surface area contributed by atoms with Crippen molar-refractivity contribution >= 4 is 17.6 Å². The maximum absolute atomic E-state index is 13.4. The summed E-state index contributed by atoms with van der Waals surface area (Å²) >= 11 is 6.27. The summed E-state index contributed by atoms with van der Waals surface area (Å²) < 4.78 is 18.5. The van der Waals surface area contributed by atoms with Crippen LogP contribution in [0.1, 0.15) is 45.6 Å². The van der Waals surface area contributed by atoms with Crippen molar-refractivity contribution in [2.24, 2.45) is 4.99 Å². The molecular weight excluding hydrogens is 391 g/mol. The highest BCUT2D eigenvalue weighted by Crippen LogP contribution is 2.30. The summed E-state index contributed by atoms with van der Waals surface area (Å²) in [7, 11) is 1.75. The van der Waals surface area contributed by atoms with E-state index in [-0.39, 0.29) is 11.2 Å². The van der Waals surface area contributed by atoms with Crippen LogP contribution < -0.4 is 10.6 Å². The van der Waals surface area contributed by atoms with Gasteiger partial charge in [0.1, 0.15) is 5.82 Å². The first-order valence-electron chi connectivity index (χ1n) is 10.6. The molecule has 1 aromatic rings. The Labute approximate surface area is 180 Å². The molecule has 2 N–H and O–H groups in total. The van der Waals surface area contributed by atoms with Crippen LogP contribution in [0.15, 0.2) is 23.2 Å². The summed E-state index contributed by atoms with van der Waals surface area (Å²) in [5.74, 6) is 0.512. The molecule has 7 heteroatoms. The lowest BCUT2D eigenvalue weighted by molar-refractivity contribution is 0.155. The quantitative estimate of drug-likeness (QED) is 0.358. The Bertz CT molecular complexity index is 660. The van der Waals surface area contributed by atoms with E-state index in [2.05, 4.69) is 36.3 Å². The summed E-state index contributed by atoms with van der Waals surface area (Å²) in [6.45, 7) is 11.7. The molecule has 2 rings (SSSR count). The minimum atomic E-state index is -0.318. The Morgan fingerprint density at radius 1 is 1.34 bits per heavy atom. The minimum absolute atomic E-state index is 0.294. The van der Waals surface area contributed by atoms with Gasteiger partial charge < -0.3 is 20.3 Å². The van der Waals surface area contributed by atoms with Crippen LogP contribution in [0.3, 0.4) is 0 Å². The maximum Gasteiger partial charge on any atom is 0.191 e. The van der Waals surface area contributed by atoms with E-state index in [0.717, 1.165) is 63.6 Å². The molecule has 5 nitrogen and oxygen atoms in total. The average molecular weight is 427 g/mol. The van der Waals surface area contributed by atoms with Gasteiger partial charge in [-0.15, -0.1) is 0 Å². The standard InChI is InChI=1S/C22H36ClFN4O/c1-5-25-21(27-18-9-12-28(13-10-18)11-6-14-29-4)26-16-22(2,3)19-8-7-17(24)15-20(19)23/h7-8,15,18H,5-6,9-14,16H2,1-4H3,(H2,25,26,27). The summed E-state index contributed by atoms with van der Waals surface area (Å²) in [6, 6.07) is 5.00. The molecule has 0 spiro atoms. The van der Waals surface area contributed by atoms with Crippen LogP contribution in [0.4, 0.5) is 4.39 Å². The van der Waals surface area contributed by atoms with Crippen LogP contribution >= 0.6 is 11.6 Å². The van der Waals surface area contributed by atoms with Gasteiger partial charge >= 0.3 is 0 Å². The molecule has 1 aromatic carbocycles. The molecule has 1 fully saturated rings. The monoisotopic (exact) mass is 426 g/mol. The van der Waals surface area contributed by atoms with E-state index in [1.165, 1.54) is 12.1 Å². The van der Waals surface area contributed by atoms with Crippen molar-refractivity contribution in [3.8, 4) is 0 Å². The Morgan fingerprint density at radius 2 is 2.07 bits per heavy atom. The fraction of sp³-hybridized carbons (Fsp3) is 0.682. The molecule has 0 radical (unpaired) electrons. The number of guanidine groups is 1. The van der Waals surface area contributed by atoms with Gasteiger partial charge in [-0.25, -0.2) is 4.39 Å². The summed E-state index contributed by atoms with van der Waals surface area (Å²) in [5.41, 5.74) is 0.613. The number of likely N-dealkylation sites (tertiary alicyclic amines) is 1. The van der Waals surface area contributed by atoms with Gasteiger partial charge in [0.25, 0.3) is 0 Å². The number of halogens is 2. The molecule has 1 aliphatic heterocycles. The second-order valence-corrected chi connectivity index (χ2v) is 8.72. The Balaban J connectivity index is 1.92. The fourth-order valence-electron chi connectivity index (χ4n) is 3.65. The van der Waals surface area contributed by atoms with Gasteiger partial charge in [-0.2, -0.15) is 0 Å². The first-order chi connectivity index (χ1) is 13.9. The van der Waals surface area contributed by atoms with Crippen LogP contribution in [0.25, 0.3) is 0 Å². The molecule has 0 aromatic heterocycles. The molecule has 29 heavy (non-hydrogen) atoms.